The van der Waals surface area contributed by atoms with Gasteiger partial charge in [0.05, 0.1) is 6.42 Å². The Labute approximate surface area is 201 Å². The highest BCUT2D eigenvalue weighted by Crippen LogP contribution is 2.33. The zero-order valence-corrected chi connectivity index (χ0v) is 19.6. The van der Waals surface area contributed by atoms with Gasteiger partial charge in [0.1, 0.15) is 11.9 Å². The third-order valence-corrected chi connectivity index (χ3v) is 5.36. The van der Waals surface area contributed by atoms with Gasteiger partial charge in [0, 0.05) is 25.2 Å². The van der Waals surface area contributed by atoms with Gasteiger partial charge in [-0.15, -0.1) is 13.2 Å². The van der Waals surface area contributed by atoms with E-state index in [-0.39, 0.29) is 30.2 Å². The van der Waals surface area contributed by atoms with Crippen LogP contribution in [0.3, 0.4) is 0 Å². The Balaban J connectivity index is 1.61. The van der Waals surface area contributed by atoms with Gasteiger partial charge in [0.25, 0.3) is 5.91 Å². The molecule has 3 rings (SSSR count). The van der Waals surface area contributed by atoms with Crippen LogP contribution >= 0.6 is 0 Å². The van der Waals surface area contributed by atoms with E-state index >= 15 is 0 Å². The summed E-state index contributed by atoms with van der Waals surface area (Å²) in [6, 6.07) is 12.5. The topological polar surface area (TPSA) is 88.1 Å². The maximum absolute atomic E-state index is 12.7. The predicted molar refractivity (Wildman–Crippen MR) is 122 cm³/mol. The van der Waals surface area contributed by atoms with Gasteiger partial charge in [-0.1, -0.05) is 42.5 Å². The highest BCUT2D eigenvalue weighted by Gasteiger charge is 2.33. The fourth-order valence-corrected chi connectivity index (χ4v) is 3.83. The van der Waals surface area contributed by atoms with E-state index in [1.807, 2.05) is 0 Å². The fourth-order valence-electron chi connectivity index (χ4n) is 3.83. The number of halogens is 3. The molecule has 1 saturated heterocycles. The number of ether oxygens (including phenoxy) is 2. The molecule has 1 aliphatic rings. The Hall–Kier alpha value is -3.11. The van der Waals surface area contributed by atoms with Crippen molar-refractivity contribution >= 4 is 11.8 Å². The van der Waals surface area contributed by atoms with E-state index in [9.17, 15) is 27.9 Å². The normalized spacial score (nSPS) is 15.1. The summed E-state index contributed by atoms with van der Waals surface area (Å²) in [6.45, 7) is 4.13. The summed E-state index contributed by atoms with van der Waals surface area (Å²) in [5.74, 6) is -2.65. The Morgan fingerprint density at radius 3 is 2.29 bits per heavy atom. The Morgan fingerprint density at radius 1 is 1.06 bits per heavy atom. The Kier molecular flexibility index (Phi) is 8.39. The van der Waals surface area contributed by atoms with Crippen LogP contribution in [0.25, 0.3) is 11.1 Å². The van der Waals surface area contributed by atoms with E-state index in [1.54, 1.807) is 35.2 Å². The molecular formula is C25H29F3N2O5. The number of hydrogen-bond acceptors (Lipinski definition) is 5. The second-order valence-corrected chi connectivity index (χ2v) is 8.81. The SMILES string of the molecule is CC(C)(O)O[C@H](CC(=O)NCc1ccc(-c2ccccc2OC(F)(F)F)cc1)C(=O)N1CCCC1. The first kappa shape index (κ1) is 26.5. The summed E-state index contributed by atoms with van der Waals surface area (Å²) in [5, 5.41) is 12.7. The van der Waals surface area contributed by atoms with Gasteiger partial charge < -0.3 is 24.8 Å². The molecule has 190 valence electrons. The maximum atomic E-state index is 12.7. The summed E-state index contributed by atoms with van der Waals surface area (Å²) in [5.41, 5.74) is 1.52. The third kappa shape index (κ3) is 8.25. The molecule has 1 aliphatic heterocycles. The number of amides is 2. The number of alkyl halides is 3. The molecule has 7 nitrogen and oxygen atoms in total. The number of nitrogens with zero attached hydrogens (tertiary/aromatic N) is 1. The van der Waals surface area contributed by atoms with Gasteiger partial charge in [-0.3, -0.25) is 9.59 Å². The van der Waals surface area contributed by atoms with E-state index in [4.69, 9.17) is 4.74 Å². The summed E-state index contributed by atoms with van der Waals surface area (Å²) in [6.07, 6.45) is -4.39. The first-order chi connectivity index (χ1) is 16.4. The molecule has 10 heteroatoms. The van der Waals surface area contributed by atoms with E-state index in [0.717, 1.165) is 12.8 Å². The second kappa shape index (κ2) is 11.1. The van der Waals surface area contributed by atoms with E-state index in [2.05, 4.69) is 10.1 Å². The van der Waals surface area contributed by atoms with Gasteiger partial charge in [-0.05, 0) is 43.9 Å². The smallest absolute Gasteiger partial charge is 0.405 e. The lowest BCUT2D eigenvalue weighted by molar-refractivity contribution is -0.274. The maximum Gasteiger partial charge on any atom is 0.573 e. The minimum Gasteiger partial charge on any atom is -0.405 e. The van der Waals surface area contributed by atoms with Crippen molar-refractivity contribution in [2.24, 2.45) is 0 Å². The molecule has 0 saturated carbocycles. The third-order valence-electron chi connectivity index (χ3n) is 5.36. The van der Waals surface area contributed by atoms with Crippen LogP contribution in [-0.2, 0) is 20.9 Å². The van der Waals surface area contributed by atoms with Crippen molar-refractivity contribution in [1.82, 2.24) is 10.2 Å². The number of para-hydroxylation sites is 1. The number of rotatable bonds is 9. The molecule has 1 heterocycles. The van der Waals surface area contributed by atoms with Crippen LogP contribution in [0, 0.1) is 0 Å². The summed E-state index contributed by atoms with van der Waals surface area (Å²) in [7, 11) is 0. The lowest BCUT2D eigenvalue weighted by Crippen LogP contribution is -2.45. The lowest BCUT2D eigenvalue weighted by Gasteiger charge is -2.28. The van der Waals surface area contributed by atoms with Crippen LogP contribution in [-0.4, -0.2) is 53.2 Å². The van der Waals surface area contributed by atoms with E-state index in [0.29, 0.717) is 24.2 Å². The number of nitrogens with one attached hydrogen (secondary N) is 1. The molecule has 1 atom stereocenters. The Bertz CT molecular complexity index is 1010. The molecule has 0 bridgehead atoms. The molecule has 0 unspecified atom stereocenters. The Morgan fingerprint density at radius 2 is 1.69 bits per heavy atom. The van der Waals surface area contributed by atoms with E-state index in [1.165, 1.54) is 32.0 Å². The number of carbonyl (C=O) groups excluding carboxylic acids is 2. The zero-order valence-electron chi connectivity index (χ0n) is 19.6. The van der Waals surface area contributed by atoms with Crippen LogP contribution in [0.1, 0.15) is 38.7 Å². The zero-order chi connectivity index (χ0) is 25.6. The molecule has 1 fully saturated rings. The molecule has 0 aliphatic carbocycles. The molecule has 2 N–H and O–H groups in total. The first-order valence-electron chi connectivity index (χ1n) is 11.3. The molecule has 0 radical (unpaired) electrons. The summed E-state index contributed by atoms with van der Waals surface area (Å²) >= 11 is 0. The predicted octanol–water partition coefficient (Wildman–Crippen LogP) is 3.99. The molecule has 2 amide bonds. The number of benzene rings is 2. The van der Waals surface area contributed by atoms with Crippen molar-refractivity contribution in [3.05, 3.63) is 54.1 Å². The second-order valence-electron chi connectivity index (χ2n) is 8.81. The summed E-state index contributed by atoms with van der Waals surface area (Å²) < 4.78 is 47.6. The van der Waals surface area contributed by atoms with Crippen molar-refractivity contribution < 1.29 is 37.3 Å². The minimum atomic E-state index is -4.80. The van der Waals surface area contributed by atoms with Crippen molar-refractivity contribution in [3.63, 3.8) is 0 Å². The molecule has 0 spiro atoms. The average Bonchev–Trinajstić information content (AvgIpc) is 3.30. The highest BCUT2D eigenvalue weighted by molar-refractivity contribution is 5.87. The van der Waals surface area contributed by atoms with Crippen molar-refractivity contribution in [2.75, 3.05) is 13.1 Å². The fraction of sp³-hybridized carbons (Fsp3) is 0.440. The first-order valence-corrected chi connectivity index (χ1v) is 11.3. The minimum absolute atomic E-state index is 0.146. The van der Waals surface area contributed by atoms with Crippen LogP contribution in [0.15, 0.2) is 48.5 Å². The molecule has 2 aromatic rings. The summed E-state index contributed by atoms with van der Waals surface area (Å²) in [4.78, 5) is 26.9. The van der Waals surface area contributed by atoms with Crippen LogP contribution in [0.5, 0.6) is 5.75 Å². The standard InChI is InChI=1S/C25H29F3N2O5/c1-24(2,33)34-21(23(32)30-13-5-6-14-30)15-22(31)29-16-17-9-11-18(12-10-17)19-7-3-4-8-20(19)35-25(26,27)28/h3-4,7-12,21,33H,5-6,13-16H2,1-2H3,(H,29,31)/t21-/m1/s1. The average molecular weight is 495 g/mol. The molecule has 2 aromatic carbocycles. The number of carbonyl (C=O) groups is 2. The molecule has 0 aromatic heterocycles. The lowest BCUT2D eigenvalue weighted by atomic mass is 10.0. The number of hydrogen-bond donors (Lipinski definition) is 2. The monoisotopic (exact) mass is 494 g/mol. The van der Waals surface area contributed by atoms with Crippen LogP contribution in [0.4, 0.5) is 13.2 Å². The van der Waals surface area contributed by atoms with Gasteiger partial charge >= 0.3 is 6.36 Å². The highest BCUT2D eigenvalue weighted by atomic mass is 19.4. The quantitative estimate of drug-likeness (QED) is 0.515. The van der Waals surface area contributed by atoms with Crippen molar-refractivity contribution in [1.29, 1.82) is 0 Å². The van der Waals surface area contributed by atoms with Gasteiger partial charge in [-0.2, -0.15) is 0 Å². The van der Waals surface area contributed by atoms with Crippen LogP contribution < -0.4 is 10.1 Å². The number of aliphatic hydroxyl groups is 1. The van der Waals surface area contributed by atoms with Gasteiger partial charge in [0.15, 0.2) is 5.79 Å². The van der Waals surface area contributed by atoms with Crippen molar-refractivity contribution in [3.8, 4) is 16.9 Å². The largest absolute Gasteiger partial charge is 0.573 e. The van der Waals surface area contributed by atoms with Gasteiger partial charge in [-0.25, -0.2) is 0 Å². The van der Waals surface area contributed by atoms with Crippen LogP contribution in [0.2, 0.25) is 0 Å². The van der Waals surface area contributed by atoms with Crippen molar-refractivity contribution in [2.45, 2.75) is 57.9 Å². The van der Waals surface area contributed by atoms with E-state index < -0.39 is 24.2 Å². The molecular weight excluding hydrogens is 465 g/mol. The number of likely N-dealkylation sites (tertiary alicyclic amines) is 1. The molecule has 35 heavy (non-hydrogen) atoms. The van der Waals surface area contributed by atoms with Gasteiger partial charge in [0.2, 0.25) is 5.91 Å².